The molecule has 1 atom stereocenters. The summed E-state index contributed by atoms with van der Waals surface area (Å²) in [6, 6.07) is 11.1. The number of nitrogens with zero attached hydrogens (tertiary/aromatic N) is 1. The van der Waals surface area contributed by atoms with Crippen molar-refractivity contribution >= 4 is 0 Å². The molecule has 0 amide bonds. The number of hydrogen-bond donors (Lipinski definition) is 1. The van der Waals surface area contributed by atoms with Crippen molar-refractivity contribution in [3.63, 3.8) is 0 Å². The van der Waals surface area contributed by atoms with Crippen molar-refractivity contribution in [3.8, 4) is 11.8 Å². The van der Waals surface area contributed by atoms with Gasteiger partial charge in [0.05, 0.1) is 0 Å². The zero-order valence-electron chi connectivity index (χ0n) is 15.8. The van der Waals surface area contributed by atoms with E-state index in [1.807, 2.05) is 0 Å². The van der Waals surface area contributed by atoms with Crippen LogP contribution in [0.25, 0.3) is 0 Å². The zero-order valence-corrected chi connectivity index (χ0v) is 15.8. The topological polar surface area (TPSA) is 32.7 Å². The molecule has 5 rings (SSSR count). The lowest BCUT2D eigenvalue weighted by Gasteiger charge is -2.49. The lowest BCUT2D eigenvalue weighted by Crippen LogP contribution is -2.59. The molecule has 1 N–H and O–H groups in total. The van der Waals surface area contributed by atoms with Gasteiger partial charge in [-0.15, -0.1) is 0 Å². The molecule has 3 aliphatic rings. The number of fused-ring (bicyclic) bond motifs is 3. The minimum atomic E-state index is -1.70. The van der Waals surface area contributed by atoms with Gasteiger partial charge in [-0.25, -0.2) is 8.78 Å². The zero-order chi connectivity index (χ0) is 19.8. The lowest BCUT2D eigenvalue weighted by atomic mass is 9.75. The van der Waals surface area contributed by atoms with Gasteiger partial charge in [-0.05, 0) is 50.2 Å². The third kappa shape index (κ3) is 3.33. The van der Waals surface area contributed by atoms with Gasteiger partial charge in [-0.1, -0.05) is 36.1 Å². The number of piperidine rings is 3. The number of ether oxygens (including phenoxy) is 1. The largest absolute Gasteiger partial charge is 0.369 e. The maximum Gasteiger partial charge on any atom is 0.176 e. The second-order valence-electron chi connectivity index (χ2n) is 7.62. The van der Waals surface area contributed by atoms with Gasteiger partial charge in [0, 0.05) is 30.7 Å². The summed E-state index contributed by atoms with van der Waals surface area (Å²) >= 11 is 0. The van der Waals surface area contributed by atoms with Gasteiger partial charge in [0.25, 0.3) is 0 Å². The SMILES string of the molecule is CO[C@]1(C#CC(O)(c2ccc(F)cc2)c2ccc(F)cc2)CN2CCC1CC2. The summed E-state index contributed by atoms with van der Waals surface area (Å²) in [4.78, 5) is 2.33. The molecule has 0 radical (unpaired) electrons. The predicted octanol–water partition coefficient (Wildman–Crippen LogP) is 3.31. The Morgan fingerprint density at radius 3 is 1.89 bits per heavy atom. The lowest BCUT2D eigenvalue weighted by molar-refractivity contribution is -0.0964. The molecule has 3 aliphatic heterocycles. The first kappa shape index (κ1) is 19.1. The summed E-state index contributed by atoms with van der Waals surface area (Å²) < 4.78 is 32.7. The fourth-order valence-corrected chi connectivity index (χ4v) is 4.33. The molecule has 3 fully saturated rings. The molecule has 0 aromatic heterocycles. The fraction of sp³-hybridized carbons (Fsp3) is 0.391. The van der Waals surface area contributed by atoms with Crippen LogP contribution >= 0.6 is 0 Å². The Kier molecular flexibility index (Phi) is 4.96. The van der Waals surface area contributed by atoms with Crippen molar-refractivity contribution in [2.24, 2.45) is 5.92 Å². The van der Waals surface area contributed by atoms with Gasteiger partial charge in [-0.3, -0.25) is 4.90 Å². The molecule has 2 bridgehead atoms. The second-order valence-corrected chi connectivity index (χ2v) is 7.62. The summed E-state index contributed by atoms with van der Waals surface area (Å²) in [5.41, 5.74) is -1.48. The average Bonchev–Trinajstić information content (AvgIpc) is 2.74. The number of aliphatic hydroxyl groups is 1. The summed E-state index contributed by atoms with van der Waals surface area (Å²) in [7, 11) is 1.66. The Balaban J connectivity index is 1.80. The van der Waals surface area contributed by atoms with Crippen molar-refractivity contribution in [1.82, 2.24) is 4.90 Å². The van der Waals surface area contributed by atoms with Crippen LogP contribution in [0.5, 0.6) is 0 Å². The van der Waals surface area contributed by atoms with Crippen LogP contribution in [0.15, 0.2) is 48.5 Å². The number of halogens is 2. The van der Waals surface area contributed by atoms with Crippen molar-refractivity contribution in [2.45, 2.75) is 24.0 Å². The van der Waals surface area contributed by atoms with Crippen molar-refractivity contribution < 1.29 is 18.6 Å². The molecular weight excluding hydrogens is 360 g/mol. The van der Waals surface area contributed by atoms with Crippen molar-refractivity contribution in [2.75, 3.05) is 26.7 Å². The molecule has 0 spiro atoms. The summed E-state index contributed by atoms with van der Waals surface area (Å²) in [5.74, 6) is 5.76. The van der Waals surface area contributed by atoms with E-state index in [0.717, 1.165) is 25.9 Å². The first-order valence-electron chi connectivity index (χ1n) is 9.51. The van der Waals surface area contributed by atoms with Crippen LogP contribution in [0.3, 0.4) is 0 Å². The summed E-state index contributed by atoms with van der Waals surface area (Å²) in [6.45, 7) is 2.78. The monoisotopic (exact) mass is 383 g/mol. The Labute approximate surface area is 163 Å². The van der Waals surface area contributed by atoms with Gasteiger partial charge in [-0.2, -0.15) is 0 Å². The number of hydrogen-bond acceptors (Lipinski definition) is 3. The van der Waals surface area contributed by atoms with Gasteiger partial charge in [0.15, 0.2) is 5.60 Å². The van der Waals surface area contributed by atoms with E-state index in [-0.39, 0.29) is 0 Å². The quantitative estimate of drug-likeness (QED) is 0.826. The highest BCUT2D eigenvalue weighted by atomic mass is 19.1. The first-order valence-corrected chi connectivity index (χ1v) is 9.51. The second kappa shape index (κ2) is 7.29. The standard InChI is InChI=1S/C23H23F2NO2/c1-28-22(16-26-14-10-17(22)11-15-26)12-13-23(27,18-2-6-20(24)7-3-18)19-4-8-21(25)9-5-19/h2-9,17,27H,10-11,14-16H2,1H3/t22-/m1/s1. The molecule has 5 heteroatoms. The molecule has 3 saturated heterocycles. The van der Waals surface area contributed by atoms with Crippen LogP contribution in [0.4, 0.5) is 8.78 Å². The highest BCUT2D eigenvalue weighted by Crippen LogP contribution is 2.38. The van der Waals surface area contributed by atoms with E-state index in [1.54, 1.807) is 7.11 Å². The fourth-order valence-electron chi connectivity index (χ4n) is 4.33. The van der Waals surface area contributed by atoms with Gasteiger partial charge in [0.2, 0.25) is 0 Å². The van der Waals surface area contributed by atoms with Gasteiger partial charge < -0.3 is 9.84 Å². The molecule has 2 aromatic rings. The Bertz CT molecular complexity index is 847. The van der Waals surface area contributed by atoms with Crippen molar-refractivity contribution in [3.05, 3.63) is 71.3 Å². The molecule has 146 valence electrons. The average molecular weight is 383 g/mol. The third-order valence-electron chi connectivity index (χ3n) is 6.05. The Hall–Kier alpha value is -2.26. The van der Waals surface area contributed by atoms with Crippen LogP contribution in [0, 0.1) is 29.4 Å². The molecular formula is C23H23F2NO2. The molecule has 2 aromatic carbocycles. The van der Waals surface area contributed by atoms with E-state index in [0.29, 0.717) is 23.6 Å². The van der Waals surface area contributed by atoms with E-state index in [4.69, 9.17) is 4.74 Å². The molecule has 0 unspecified atom stereocenters. The molecule has 0 aliphatic carbocycles. The number of benzene rings is 2. The van der Waals surface area contributed by atoms with E-state index in [2.05, 4.69) is 16.7 Å². The number of methoxy groups -OCH3 is 1. The van der Waals surface area contributed by atoms with E-state index < -0.39 is 22.8 Å². The maximum absolute atomic E-state index is 13.4. The van der Waals surface area contributed by atoms with Crippen LogP contribution in [-0.4, -0.2) is 42.4 Å². The Morgan fingerprint density at radius 1 is 1.00 bits per heavy atom. The van der Waals surface area contributed by atoms with Crippen LogP contribution in [0.1, 0.15) is 24.0 Å². The van der Waals surface area contributed by atoms with Crippen LogP contribution in [0.2, 0.25) is 0 Å². The van der Waals surface area contributed by atoms with Crippen LogP contribution < -0.4 is 0 Å². The molecule has 28 heavy (non-hydrogen) atoms. The first-order chi connectivity index (χ1) is 13.4. The van der Waals surface area contributed by atoms with Gasteiger partial charge in [0.1, 0.15) is 17.2 Å². The third-order valence-corrected chi connectivity index (χ3v) is 6.05. The number of rotatable bonds is 3. The van der Waals surface area contributed by atoms with Crippen LogP contribution in [-0.2, 0) is 10.3 Å². The molecule has 0 saturated carbocycles. The summed E-state index contributed by atoms with van der Waals surface area (Å²) in [6.07, 6.45) is 2.02. The highest BCUT2D eigenvalue weighted by molar-refractivity contribution is 5.45. The maximum atomic E-state index is 13.4. The minimum absolute atomic E-state index is 0.306. The molecule has 3 heterocycles. The smallest absolute Gasteiger partial charge is 0.176 e. The van der Waals surface area contributed by atoms with E-state index >= 15 is 0 Å². The normalized spacial score (nSPS) is 26.6. The predicted molar refractivity (Wildman–Crippen MR) is 102 cm³/mol. The van der Waals surface area contributed by atoms with Gasteiger partial charge >= 0.3 is 0 Å². The minimum Gasteiger partial charge on any atom is -0.369 e. The highest BCUT2D eigenvalue weighted by Gasteiger charge is 2.46. The van der Waals surface area contributed by atoms with Crippen molar-refractivity contribution in [1.29, 1.82) is 0 Å². The molecule has 3 nitrogen and oxygen atoms in total. The Morgan fingerprint density at radius 2 is 1.50 bits per heavy atom. The summed E-state index contributed by atoms with van der Waals surface area (Å²) in [5, 5.41) is 11.6. The van der Waals surface area contributed by atoms with E-state index in [9.17, 15) is 13.9 Å². The van der Waals surface area contributed by atoms with E-state index in [1.165, 1.54) is 48.5 Å².